The third-order valence-electron chi connectivity index (χ3n) is 4.62. The first-order valence-electron chi connectivity index (χ1n) is 7.32. The maximum Gasteiger partial charge on any atom is 0.0651 e. The second kappa shape index (κ2) is 5.87. The van der Waals surface area contributed by atoms with E-state index in [0.29, 0.717) is 0 Å². The van der Waals surface area contributed by atoms with Gasteiger partial charge in [0.1, 0.15) is 0 Å². The summed E-state index contributed by atoms with van der Waals surface area (Å²) < 4.78 is 1.91. The van der Waals surface area contributed by atoms with Crippen molar-refractivity contribution in [3.8, 4) is 0 Å². The Bertz CT molecular complexity index is 374. The van der Waals surface area contributed by atoms with E-state index in [1.54, 1.807) is 0 Å². The molecule has 0 radical (unpaired) electrons. The monoisotopic (exact) mass is 250 g/mol. The zero-order valence-corrected chi connectivity index (χ0v) is 11.7. The largest absolute Gasteiger partial charge is 0.390 e. The molecule has 0 aliphatic heterocycles. The van der Waals surface area contributed by atoms with Crippen molar-refractivity contribution >= 4 is 0 Å². The fourth-order valence-electron chi connectivity index (χ4n) is 3.13. The predicted molar refractivity (Wildman–Crippen MR) is 73.3 cm³/mol. The normalized spacial score (nSPS) is 29.2. The molecule has 1 saturated carbocycles. The predicted octanol–water partition coefficient (Wildman–Crippen LogP) is 3.07. The minimum Gasteiger partial charge on any atom is -0.390 e. The second-order valence-corrected chi connectivity index (χ2v) is 5.88. The number of hydrogen-bond donors (Lipinski definition) is 1. The van der Waals surface area contributed by atoms with Crippen molar-refractivity contribution in [3.05, 3.63) is 18.0 Å². The highest BCUT2D eigenvalue weighted by atomic mass is 16.3. The highest BCUT2D eigenvalue weighted by Crippen LogP contribution is 2.34. The van der Waals surface area contributed by atoms with Crippen molar-refractivity contribution in [2.75, 3.05) is 0 Å². The van der Waals surface area contributed by atoms with Crippen LogP contribution in [0.2, 0.25) is 0 Å². The van der Waals surface area contributed by atoms with Crippen LogP contribution in [0, 0.1) is 5.92 Å². The van der Waals surface area contributed by atoms with Crippen LogP contribution in [0.1, 0.15) is 57.6 Å². The van der Waals surface area contributed by atoms with E-state index in [2.05, 4.69) is 18.1 Å². The van der Waals surface area contributed by atoms with Crippen LogP contribution in [0.3, 0.4) is 0 Å². The van der Waals surface area contributed by atoms with Gasteiger partial charge >= 0.3 is 0 Å². The first-order valence-corrected chi connectivity index (χ1v) is 7.32. The zero-order chi connectivity index (χ0) is 13.0. The number of rotatable bonds is 4. The minimum absolute atomic E-state index is 0.436. The summed E-state index contributed by atoms with van der Waals surface area (Å²) in [6, 6.07) is 2.05. The van der Waals surface area contributed by atoms with Gasteiger partial charge in [-0.3, -0.25) is 4.68 Å². The highest BCUT2D eigenvalue weighted by Gasteiger charge is 2.30. The third kappa shape index (κ3) is 3.35. The van der Waals surface area contributed by atoms with Crippen molar-refractivity contribution in [1.82, 2.24) is 9.78 Å². The van der Waals surface area contributed by atoms with E-state index in [0.717, 1.165) is 31.6 Å². The van der Waals surface area contributed by atoms with Gasteiger partial charge in [-0.2, -0.15) is 5.10 Å². The molecule has 1 aliphatic rings. The number of aromatic nitrogens is 2. The smallest absolute Gasteiger partial charge is 0.0651 e. The Morgan fingerprint density at radius 2 is 2.28 bits per heavy atom. The molecule has 3 nitrogen and oxygen atoms in total. The molecule has 1 aromatic heterocycles. The van der Waals surface area contributed by atoms with E-state index in [1.165, 1.54) is 31.4 Å². The van der Waals surface area contributed by atoms with Crippen molar-refractivity contribution in [1.29, 1.82) is 0 Å². The van der Waals surface area contributed by atoms with Gasteiger partial charge in [0.2, 0.25) is 0 Å². The Labute approximate surface area is 110 Å². The average Bonchev–Trinajstić information content (AvgIpc) is 2.66. The second-order valence-electron chi connectivity index (χ2n) is 5.88. The molecule has 1 N–H and O–H groups in total. The van der Waals surface area contributed by atoms with Crippen molar-refractivity contribution in [2.24, 2.45) is 13.0 Å². The van der Waals surface area contributed by atoms with Gasteiger partial charge in [-0.1, -0.05) is 26.2 Å². The Morgan fingerprint density at radius 1 is 1.44 bits per heavy atom. The lowest BCUT2D eigenvalue weighted by Gasteiger charge is -2.26. The molecule has 0 saturated heterocycles. The Morgan fingerprint density at radius 3 is 2.94 bits per heavy atom. The van der Waals surface area contributed by atoms with Crippen molar-refractivity contribution in [2.45, 2.75) is 63.9 Å². The molecule has 0 spiro atoms. The van der Waals surface area contributed by atoms with Gasteiger partial charge in [0, 0.05) is 18.9 Å². The zero-order valence-electron chi connectivity index (χ0n) is 11.7. The third-order valence-corrected chi connectivity index (χ3v) is 4.62. The van der Waals surface area contributed by atoms with Crippen LogP contribution in [0.4, 0.5) is 0 Å². The van der Waals surface area contributed by atoms with Crippen LogP contribution in [-0.2, 0) is 13.5 Å². The number of aliphatic hydroxyl groups is 1. The van der Waals surface area contributed by atoms with Crippen LogP contribution < -0.4 is 0 Å². The number of nitrogens with zero attached hydrogens (tertiary/aromatic N) is 2. The maximum atomic E-state index is 10.7. The van der Waals surface area contributed by atoms with E-state index in [1.807, 2.05) is 17.9 Å². The Balaban J connectivity index is 1.89. The van der Waals surface area contributed by atoms with Gasteiger partial charge in [-0.15, -0.1) is 0 Å². The average molecular weight is 250 g/mol. The quantitative estimate of drug-likeness (QED) is 0.834. The molecule has 1 heterocycles. The van der Waals surface area contributed by atoms with E-state index >= 15 is 0 Å². The van der Waals surface area contributed by atoms with Crippen molar-refractivity contribution in [3.63, 3.8) is 0 Å². The summed E-state index contributed by atoms with van der Waals surface area (Å²) >= 11 is 0. The topological polar surface area (TPSA) is 38.1 Å². The SMILES string of the molecule is CCC1CCCC(O)(CCc2ccnn2C)CC1. The summed E-state index contributed by atoms with van der Waals surface area (Å²) in [5.41, 5.74) is 0.786. The van der Waals surface area contributed by atoms with Crippen LogP contribution in [0.25, 0.3) is 0 Å². The van der Waals surface area contributed by atoms with E-state index in [-0.39, 0.29) is 0 Å². The summed E-state index contributed by atoms with van der Waals surface area (Å²) in [4.78, 5) is 0. The molecule has 2 unspecified atom stereocenters. The lowest BCUT2D eigenvalue weighted by molar-refractivity contribution is 0.0153. The standard InChI is InChI=1S/C15H26N2O/c1-3-13-5-4-9-15(18,10-6-13)11-7-14-8-12-16-17(14)2/h8,12-13,18H,3-7,9-11H2,1-2H3. The molecule has 2 atom stereocenters. The van der Waals surface area contributed by atoms with E-state index in [4.69, 9.17) is 0 Å². The van der Waals surface area contributed by atoms with Gasteiger partial charge in [0.25, 0.3) is 0 Å². The summed E-state index contributed by atoms with van der Waals surface area (Å²) in [5.74, 6) is 0.829. The first kappa shape index (κ1) is 13.6. The van der Waals surface area contributed by atoms with Gasteiger partial charge in [-0.25, -0.2) is 0 Å². The minimum atomic E-state index is -0.436. The summed E-state index contributed by atoms with van der Waals surface area (Å²) in [6.45, 7) is 2.27. The molecule has 3 heteroatoms. The van der Waals surface area contributed by atoms with Gasteiger partial charge in [0.05, 0.1) is 5.60 Å². The molecular formula is C15H26N2O. The summed E-state index contributed by atoms with van der Waals surface area (Å²) in [5, 5.41) is 14.9. The first-order chi connectivity index (χ1) is 8.63. The van der Waals surface area contributed by atoms with E-state index in [9.17, 15) is 5.11 Å². The van der Waals surface area contributed by atoms with Crippen LogP contribution >= 0.6 is 0 Å². The molecule has 0 bridgehead atoms. The molecule has 1 aliphatic carbocycles. The maximum absolute atomic E-state index is 10.7. The summed E-state index contributed by atoms with van der Waals surface area (Å²) in [7, 11) is 1.97. The van der Waals surface area contributed by atoms with Crippen LogP contribution in [-0.4, -0.2) is 20.5 Å². The number of hydrogen-bond acceptors (Lipinski definition) is 2. The highest BCUT2D eigenvalue weighted by molar-refractivity contribution is 5.01. The fraction of sp³-hybridized carbons (Fsp3) is 0.800. The molecule has 1 fully saturated rings. The van der Waals surface area contributed by atoms with Gasteiger partial charge < -0.3 is 5.11 Å². The molecule has 1 aromatic rings. The fourth-order valence-corrected chi connectivity index (χ4v) is 3.13. The molecule has 18 heavy (non-hydrogen) atoms. The van der Waals surface area contributed by atoms with Gasteiger partial charge in [0.15, 0.2) is 0 Å². The summed E-state index contributed by atoms with van der Waals surface area (Å²) in [6.07, 6.45) is 10.5. The lowest BCUT2D eigenvalue weighted by Crippen LogP contribution is -2.28. The molecule has 2 rings (SSSR count). The Kier molecular flexibility index (Phi) is 4.44. The van der Waals surface area contributed by atoms with E-state index < -0.39 is 5.60 Å². The van der Waals surface area contributed by atoms with Crippen LogP contribution in [0.15, 0.2) is 12.3 Å². The molecule has 0 aromatic carbocycles. The van der Waals surface area contributed by atoms with Crippen molar-refractivity contribution < 1.29 is 5.11 Å². The number of aryl methyl sites for hydroxylation is 2. The Hall–Kier alpha value is -0.830. The van der Waals surface area contributed by atoms with Crippen LogP contribution in [0.5, 0.6) is 0 Å². The molecule has 102 valence electrons. The molecule has 0 amide bonds. The van der Waals surface area contributed by atoms with Gasteiger partial charge in [-0.05, 0) is 44.1 Å². The molecular weight excluding hydrogens is 224 g/mol. The lowest BCUT2D eigenvalue weighted by atomic mass is 9.88.